The molecule has 178 valence electrons. The van der Waals surface area contributed by atoms with E-state index in [1.165, 1.54) is 12.1 Å². The maximum atomic E-state index is 13.5. The Morgan fingerprint density at radius 1 is 1.00 bits per heavy atom. The molecule has 1 aliphatic heterocycles. The number of methoxy groups -OCH3 is 2. The van der Waals surface area contributed by atoms with Crippen molar-refractivity contribution in [3.8, 4) is 23.0 Å². The summed E-state index contributed by atoms with van der Waals surface area (Å²) in [6.45, 7) is 0.574. The Morgan fingerprint density at radius 2 is 1.83 bits per heavy atom. The van der Waals surface area contributed by atoms with Gasteiger partial charge in [-0.15, -0.1) is 0 Å². The molecule has 1 N–H and O–H groups in total. The quantitative estimate of drug-likeness (QED) is 0.375. The van der Waals surface area contributed by atoms with Gasteiger partial charge in [0.25, 0.3) is 0 Å². The molecule has 1 aliphatic rings. The zero-order valence-electron chi connectivity index (χ0n) is 19.4. The van der Waals surface area contributed by atoms with Gasteiger partial charge in [0.2, 0.25) is 0 Å². The highest BCUT2D eigenvalue weighted by atomic mass is 19.1. The minimum atomic E-state index is -0.400. The molecule has 0 spiro atoms. The van der Waals surface area contributed by atoms with Gasteiger partial charge in [-0.2, -0.15) is 0 Å². The summed E-state index contributed by atoms with van der Waals surface area (Å²) in [6.07, 6.45) is 3.31. The van der Waals surface area contributed by atoms with Crippen LogP contribution < -0.4 is 24.4 Å². The second kappa shape index (κ2) is 9.50. The molecule has 1 aromatic heterocycles. The number of carbonyl (C=O) groups is 1. The van der Waals surface area contributed by atoms with E-state index in [1.807, 2.05) is 30.3 Å². The van der Waals surface area contributed by atoms with E-state index in [9.17, 15) is 9.18 Å². The third-order valence-electron chi connectivity index (χ3n) is 5.93. The molecule has 5 rings (SSSR count). The SMILES string of the molecule is COc1cc2nccc(Oc3ccc4c(c3)CCCN4C(=O)Nc3cccc(F)c3)c2cc1OC. The van der Waals surface area contributed by atoms with E-state index >= 15 is 0 Å². The number of hydrogen-bond acceptors (Lipinski definition) is 5. The number of aromatic nitrogens is 1. The number of carbonyl (C=O) groups excluding carboxylic acids is 1. The molecule has 0 unspecified atom stereocenters. The van der Waals surface area contributed by atoms with Crippen LogP contribution >= 0.6 is 0 Å². The van der Waals surface area contributed by atoms with Gasteiger partial charge in [0, 0.05) is 35.6 Å². The molecule has 35 heavy (non-hydrogen) atoms. The van der Waals surface area contributed by atoms with Gasteiger partial charge in [0.05, 0.1) is 19.7 Å². The lowest BCUT2D eigenvalue weighted by atomic mass is 10.0. The zero-order chi connectivity index (χ0) is 24.4. The normalized spacial score (nSPS) is 12.7. The van der Waals surface area contributed by atoms with Gasteiger partial charge in [0.15, 0.2) is 11.5 Å². The standard InChI is InChI=1S/C27H24FN3O4/c1-33-25-15-21-22(16-26(25)34-2)29-11-10-24(21)35-20-8-9-23-17(13-20)5-4-12-31(23)27(32)30-19-7-3-6-18(28)14-19/h3,6-11,13-16H,4-5,12H2,1-2H3,(H,30,32). The van der Waals surface area contributed by atoms with Gasteiger partial charge in [-0.1, -0.05) is 6.07 Å². The molecule has 0 saturated heterocycles. The number of pyridine rings is 1. The third kappa shape index (κ3) is 4.55. The number of nitrogens with zero attached hydrogens (tertiary/aromatic N) is 2. The molecule has 2 heterocycles. The van der Waals surface area contributed by atoms with Crippen molar-refractivity contribution in [1.82, 2.24) is 4.98 Å². The second-order valence-corrected chi connectivity index (χ2v) is 8.12. The monoisotopic (exact) mass is 473 g/mol. The van der Waals surface area contributed by atoms with E-state index in [-0.39, 0.29) is 6.03 Å². The molecule has 0 aliphatic carbocycles. The summed E-state index contributed by atoms with van der Waals surface area (Å²) >= 11 is 0. The first-order chi connectivity index (χ1) is 17.1. The number of benzene rings is 3. The van der Waals surface area contributed by atoms with Crippen LogP contribution in [0.2, 0.25) is 0 Å². The molecule has 3 aromatic carbocycles. The van der Waals surface area contributed by atoms with Crippen LogP contribution in [-0.2, 0) is 6.42 Å². The van der Waals surface area contributed by atoms with E-state index in [2.05, 4.69) is 10.3 Å². The number of rotatable bonds is 5. The third-order valence-corrected chi connectivity index (χ3v) is 5.93. The first-order valence-corrected chi connectivity index (χ1v) is 11.2. The van der Waals surface area contributed by atoms with Crippen molar-refractivity contribution in [2.45, 2.75) is 12.8 Å². The fraction of sp³-hybridized carbons (Fsp3) is 0.185. The highest BCUT2D eigenvalue weighted by Gasteiger charge is 2.23. The number of amides is 2. The Kier molecular flexibility index (Phi) is 6.10. The number of nitrogens with one attached hydrogen (secondary N) is 1. The molecule has 0 bridgehead atoms. The van der Waals surface area contributed by atoms with Gasteiger partial charge in [0.1, 0.15) is 17.3 Å². The number of ether oxygens (including phenoxy) is 3. The van der Waals surface area contributed by atoms with Crippen LogP contribution in [0, 0.1) is 5.82 Å². The highest BCUT2D eigenvalue weighted by Crippen LogP contribution is 2.38. The maximum Gasteiger partial charge on any atom is 0.326 e. The number of anilines is 2. The minimum absolute atomic E-state index is 0.300. The Labute approximate surface area is 202 Å². The van der Waals surface area contributed by atoms with Gasteiger partial charge in [-0.05, 0) is 66.9 Å². The highest BCUT2D eigenvalue weighted by molar-refractivity contribution is 6.02. The lowest BCUT2D eigenvalue weighted by molar-refractivity contribution is 0.256. The topological polar surface area (TPSA) is 72.9 Å². The smallest absolute Gasteiger partial charge is 0.326 e. The van der Waals surface area contributed by atoms with Crippen LogP contribution in [0.4, 0.5) is 20.6 Å². The Hall–Kier alpha value is -4.33. The van der Waals surface area contributed by atoms with Crippen molar-refractivity contribution >= 4 is 28.3 Å². The first-order valence-electron chi connectivity index (χ1n) is 11.2. The minimum Gasteiger partial charge on any atom is -0.493 e. The Bertz CT molecular complexity index is 1410. The summed E-state index contributed by atoms with van der Waals surface area (Å²) < 4.78 is 30.6. The summed E-state index contributed by atoms with van der Waals surface area (Å²) in [5, 5.41) is 3.57. The van der Waals surface area contributed by atoms with Crippen molar-refractivity contribution in [2.75, 3.05) is 31.0 Å². The molecule has 0 radical (unpaired) electrons. The van der Waals surface area contributed by atoms with Crippen molar-refractivity contribution in [2.24, 2.45) is 0 Å². The number of hydrogen-bond donors (Lipinski definition) is 1. The van der Waals surface area contributed by atoms with Gasteiger partial charge in [-0.25, -0.2) is 9.18 Å². The summed E-state index contributed by atoms with van der Waals surface area (Å²) in [5.41, 5.74) is 2.95. The van der Waals surface area contributed by atoms with Crippen LogP contribution in [0.1, 0.15) is 12.0 Å². The zero-order valence-corrected chi connectivity index (χ0v) is 19.4. The number of aryl methyl sites for hydroxylation is 1. The molecule has 4 aromatic rings. The largest absolute Gasteiger partial charge is 0.493 e. The average Bonchev–Trinajstić information content (AvgIpc) is 2.87. The van der Waals surface area contributed by atoms with Crippen molar-refractivity contribution in [1.29, 1.82) is 0 Å². The van der Waals surface area contributed by atoms with E-state index in [0.29, 0.717) is 35.2 Å². The molecule has 0 saturated carbocycles. The van der Waals surface area contributed by atoms with Crippen LogP contribution in [0.25, 0.3) is 10.9 Å². The molecule has 7 nitrogen and oxygen atoms in total. The van der Waals surface area contributed by atoms with E-state index in [1.54, 1.807) is 43.5 Å². The van der Waals surface area contributed by atoms with Crippen molar-refractivity contribution in [3.05, 3.63) is 78.2 Å². The summed E-state index contributed by atoms with van der Waals surface area (Å²) in [7, 11) is 3.17. The van der Waals surface area contributed by atoms with Gasteiger partial charge in [-0.3, -0.25) is 9.88 Å². The maximum absolute atomic E-state index is 13.5. The predicted molar refractivity (Wildman–Crippen MR) is 132 cm³/mol. The van der Waals surface area contributed by atoms with E-state index < -0.39 is 5.82 Å². The van der Waals surface area contributed by atoms with Gasteiger partial charge < -0.3 is 19.5 Å². The van der Waals surface area contributed by atoms with E-state index in [4.69, 9.17) is 14.2 Å². The second-order valence-electron chi connectivity index (χ2n) is 8.12. The Morgan fingerprint density at radius 3 is 2.63 bits per heavy atom. The number of urea groups is 1. The number of halogens is 1. The molecular formula is C27H24FN3O4. The van der Waals surface area contributed by atoms with Crippen LogP contribution in [0.3, 0.4) is 0 Å². The number of fused-ring (bicyclic) bond motifs is 2. The predicted octanol–water partition coefficient (Wildman–Crippen LogP) is 6.17. The Balaban J connectivity index is 1.41. The summed E-state index contributed by atoms with van der Waals surface area (Å²) in [5.74, 6) is 2.06. The summed E-state index contributed by atoms with van der Waals surface area (Å²) in [4.78, 5) is 19.0. The summed E-state index contributed by atoms with van der Waals surface area (Å²) in [6, 6.07) is 16.7. The fourth-order valence-corrected chi connectivity index (χ4v) is 4.27. The van der Waals surface area contributed by atoms with Crippen molar-refractivity contribution in [3.63, 3.8) is 0 Å². The lowest BCUT2D eigenvalue weighted by Crippen LogP contribution is -2.38. The van der Waals surface area contributed by atoms with Gasteiger partial charge >= 0.3 is 6.03 Å². The fourth-order valence-electron chi connectivity index (χ4n) is 4.27. The lowest BCUT2D eigenvalue weighted by Gasteiger charge is -2.30. The van der Waals surface area contributed by atoms with E-state index in [0.717, 1.165) is 35.0 Å². The van der Waals surface area contributed by atoms with Crippen LogP contribution in [0.5, 0.6) is 23.0 Å². The average molecular weight is 474 g/mol. The van der Waals surface area contributed by atoms with Crippen molar-refractivity contribution < 1.29 is 23.4 Å². The van der Waals surface area contributed by atoms with Crippen LogP contribution in [-0.4, -0.2) is 31.8 Å². The molecule has 0 atom stereocenters. The first kappa shape index (κ1) is 22.5. The molecule has 0 fully saturated rings. The van der Waals surface area contributed by atoms with Crippen LogP contribution in [0.15, 0.2) is 66.9 Å². The molecule has 2 amide bonds. The molecule has 8 heteroatoms. The molecular weight excluding hydrogens is 449 g/mol.